The highest BCUT2D eigenvalue weighted by molar-refractivity contribution is 6.00. The summed E-state index contributed by atoms with van der Waals surface area (Å²) in [5.74, 6) is 0.495. The Hall–Kier alpha value is -2.16. The van der Waals surface area contributed by atoms with E-state index >= 15 is 0 Å². The fourth-order valence-electron chi connectivity index (χ4n) is 4.80. The van der Waals surface area contributed by atoms with Gasteiger partial charge < -0.3 is 4.90 Å². The molecule has 1 aromatic heterocycles. The summed E-state index contributed by atoms with van der Waals surface area (Å²) < 4.78 is 0. The number of anilines is 1. The van der Waals surface area contributed by atoms with Crippen LogP contribution >= 0.6 is 0 Å². The quantitative estimate of drug-likeness (QED) is 0.810. The van der Waals surface area contributed by atoms with Crippen molar-refractivity contribution in [3.63, 3.8) is 0 Å². The zero-order valence-corrected chi connectivity index (χ0v) is 13.2. The lowest BCUT2D eigenvalue weighted by atomic mass is 9.78. The predicted octanol–water partition coefficient (Wildman–Crippen LogP) is 3.26. The molecule has 5 rings (SSSR count). The lowest BCUT2D eigenvalue weighted by Gasteiger charge is -2.27. The molecule has 1 aliphatic heterocycles. The van der Waals surface area contributed by atoms with Gasteiger partial charge in [-0.15, -0.1) is 0 Å². The fourth-order valence-corrected chi connectivity index (χ4v) is 4.80. The Labute approximate surface area is 136 Å². The molecule has 0 bridgehead atoms. The zero-order valence-electron chi connectivity index (χ0n) is 13.2. The highest BCUT2D eigenvalue weighted by Crippen LogP contribution is 2.61. The van der Waals surface area contributed by atoms with E-state index < -0.39 is 0 Å². The molecular formula is C20H20N2O. The Balaban J connectivity index is 1.47. The maximum atomic E-state index is 13.2. The number of nitrogens with zero attached hydrogens (tertiary/aromatic N) is 2. The molecule has 2 heterocycles. The number of pyridine rings is 1. The van der Waals surface area contributed by atoms with Gasteiger partial charge in [-0.3, -0.25) is 9.78 Å². The summed E-state index contributed by atoms with van der Waals surface area (Å²) >= 11 is 0. The SMILES string of the molecule is O=C(C1CC12CCCc1ccccc12)N1CCc2cnccc21. The summed E-state index contributed by atoms with van der Waals surface area (Å²) in [5.41, 5.74) is 5.32. The molecule has 116 valence electrons. The standard InChI is InChI=1S/C20H20N2O/c23-19(22-11-8-15-13-21-10-7-18(15)22)17-12-20(17)9-3-5-14-4-1-2-6-16(14)20/h1-2,4,6-7,10,13,17H,3,5,8-9,11-12H2. The van der Waals surface area contributed by atoms with Crippen LogP contribution in [0, 0.1) is 5.92 Å². The van der Waals surface area contributed by atoms with Crippen LogP contribution in [0.4, 0.5) is 5.69 Å². The van der Waals surface area contributed by atoms with E-state index in [-0.39, 0.29) is 11.3 Å². The molecule has 1 amide bonds. The van der Waals surface area contributed by atoms with E-state index in [4.69, 9.17) is 0 Å². The first-order valence-corrected chi connectivity index (χ1v) is 8.62. The smallest absolute Gasteiger partial charge is 0.231 e. The fraction of sp³-hybridized carbons (Fsp3) is 0.400. The number of hydrogen-bond donors (Lipinski definition) is 0. The number of aromatic nitrogens is 1. The molecule has 1 fully saturated rings. The van der Waals surface area contributed by atoms with Crippen LogP contribution in [0.15, 0.2) is 42.7 Å². The lowest BCUT2D eigenvalue weighted by molar-refractivity contribution is -0.120. The average Bonchev–Trinajstić information content (AvgIpc) is 3.14. The Morgan fingerprint density at radius 2 is 2.09 bits per heavy atom. The third kappa shape index (κ3) is 1.82. The van der Waals surface area contributed by atoms with Crippen LogP contribution in [0.2, 0.25) is 0 Å². The van der Waals surface area contributed by atoms with E-state index in [2.05, 4.69) is 29.2 Å². The van der Waals surface area contributed by atoms with Crippen molar-refractivity contribution in [1.29, 1.82) is 0 Å². The number of fused-ring (bicyclic) bond motifs is 3. The number of carbonyl (C=O) groups is 1. The molecule has 2 aromatic rings. The van der Waals surface area contributed by atoms with Crippen LogP contribution in [-0.2, 0) is 23.1 Å². The van der Waals surface area contributed by atoms with E-state index in [1.807, 2.05) is 17.2 Å². The van der Waals surface area contributed by atoms with Crippen molar-refractivity contribution in [1.82, 2.24) is 4.98 Å². The summed E-state index contributed by atoms with van der Waals surface area (Å²) in [5, 5.41) is 0. The number of aryl methyl sites for hydroxylation is 1. The van der Waals surface area contributed by atoms with Gasteiger partial charge in [-0.2, -0.15) is 0 Å². The van der Waals surface area contributed by atoms with Gasteiger partial charge in [-0.25, -0.2) is 0 Å². The highest BCUT2D eigenvalue weighted by Gasteiger charge is 2.61. The molecule has 3 nitrogen and oxygen atoms in total. The summed E-state index contributed by atoms with van der Waals surface area (Å²) in [4.78, 5) is 19.4. The Bertz CT molecular complexity index is 800. The molecule has 1 spiro atoms. The number of carbonyl (C=O) groups excluding carboxylic acids is 1. The van der Waals surface area contributed by atoms with E-state index in [9.17, 15) is 4.79 Å². The molecular weight excluding hydrogens is 284 g/mol. The van der Waals surface area contributed by atoms with Crippen LogP contribution < -0.4 is 4.90 Å². The Kier molecular flexibility index (Phi) is 2.70. The van der Waals surface area contributed by atoms with Gasteiger partial charge in [0.15, 0.2) is 0 Å². The molecule has 0 N–H and O–H groups in total. The van der Waals surface area contributed by atoms with Gasteiger partial charge in [-0.1, -0.05) is 24.3 Å². The van der Waals surface area contributed by atoms with Gasteiger partial charge in [0.05, 0.1) is 0 Å². The third-order valence-electron chi connectivity index (χ3n) is 6.04. The Morgan fingerprint density at radius 1 is 1.17 bits per heavy atom. The number of hydrogen-bond acceptors (Lipinski definition) is 2. The van der Waals surface area contributed by atoms with Crippen molar-refractivity contribution < 1.29 is 4.79 Å². The minimum absolute atomic E-state index is 0.127. The van der Waals surface area contributed by atoms with E-state index in [1.54, 1.807) is 6.20 Å². The molecule has 3 heteroatoms. The van der Waals surface area contributed by atoms with E-state index in [1.165, 1.54) is 23.1 Å². The number of rotatable bonds is 1. The van der Waals surface area contributed by atoms with Crippen molar-refractivity contribution in [2.24, 2.45) is 5.92 Å². The molecule has 2 atom stereocenters. The first-order valence-electron chi connectivity index (χ1n) is 8.62. The monoisotopic (exact) mass is 304 g/mol. The van der Waals surface area contributed by atoms with Crippen molar-refractivity contribution >= 4 is 11.6 Å². The molecule has 1 saturated carbocycles. The second kappa shape index (κ2) is 4.67. The topological polar surface area (TPSA) is 33.2 Å². The first-order chi connectivity index (χ1) is 11.3. The second-order valence-electron chi connectivity index (χ2n) is 7.17. The van der Waals surface area contributed by atoms with Crippen molar-refractivity contribution in [3.05, 3.63) is 59.4 Å². The van der Waals surface area contributed by atoms with E-state index in [0.717, 1.165) is 37.9 Å². The largest absolute Gasteiger partial charge is 0.311 e. The average molecular weight is 304 g/mol. The van der Waals surface area contributed by atoms with Crippen molar-refractivity contribution in [2.75, 3.05) is 11.4 Å². The number of amides is 1. The van der Waals surface area contributed by atoms with Gasteiger partial charge in [0.2, 0.25) is 5.91 Å². The molecule has 0 saturated heterocycles. The van der Waals surface area contributed by atoms with Crippen molar-refractivity contribution in [3.8, 4) is 0 Å². The summed E-state index contributed by atoms with van der Waals surface area (Å²) in [6.07, 6.45) is 9.20. The lowest BCUT2D eigenvalue weighted by Crippen LogP contribution is -2.33. The predicted molar refractivity (Wildman–Crippen MR) is 89.5 cm³/mol. The highest BCUT2D eigenvalue weighted by atomic mass is 16.2. The van der Waals surface area contributed by atoms with Gasteiger partial charge in [0.1, 0.15) is 0 Å². The summed E-state index contributed by atoms with van der Waals surface area (Å²) in [7, 11) is 0. The van der Waals surface area contributed by atoms with Crippen molar-refractivity contribution in [2.45, 2.75) is 37.5 Å². The van der Waals surface area contributed by atoms with Crippen LogP contribution in [0.5, 0.6) is 0 Å². The molecule has 2 unspecified atom stereocenters. The molecule has 23 heavy (non-hydrogen) atoms. The van der Waals surface area contributed by atoms with Gasteiger partial charge >= 0.3 is 0 Å². The molecule has 1 aromatic carbocycles. The molecule has 3 aliphatic rings. The molecule has 2 aliphatic carbocycles. The summed E-state index contributed by atoms with van der Waals surface area (Å²) in [6.45, 7) is 0.814. The number of benzene rings is 1. The van der Waals surface area contributed by atoms with Crippen LogP contribution in [0.3, 0.4) is 0 Å². The first kappa shape index (κ1) is 13.3. The van der Waals surface area contributed by atoms with Gasteiger partial charge in [-0.05, 0) is 54.9 Å². The minimum Gasteiger partial charge on any atom is -0.311 e. The minimum atomic E-state index is 0.127. The Morgan fingerprint density at radius 3 is 3.04 bits per heavy atom. The third-order valence-corrected chi connectivity index (χ3v) is 6.04. The van der Waals surface area contributed by atoms with Gasteiger partial charge in [0.25, 0.3) is 0 Å². The van der Waals surface area contributed by atoms with Crippen LogP contribution in [0.1, 0.15) is 36.0 Å². The van der Waals surface area contributed by atoms with Gasteiger partial charge in [0, 0.05) is 36.0 Å². The summed E-state index contributed by atoms with van der Waals surface area (Å²) in [6, 6.07) is 10.7. The zero-order chi connectivity index (χ0) is 15.4. The normalized spacial score (nSPS) is 27.7. The maximum absolute atomic E-state index is 13.2. The molecule has 0 radical (unpaired) electrons. The van der Waals surface area contributed by atoms with Crippen LogP contribution in [0.25, 0.3) is 0 Å². The maximum Gasteiger partial charge on any atom is 0.231 e. The van der Waals surface area contributed by atoms with E-state index in [0.29, 0.717) is 5.91 Å². The second-order valence-corrected chi connectivity index (χ2v) is 7.17. The van der Waals surface area contributed by atoms with Crippen LogP contribution in [-0.4, -0.2) is 17.4 Å².